The van der Waals surface area contributed by atoms with Gasteiger partial charge in [-0.25, -0.2) is 0 Å². The maximum absolute atomic E-state index is 3.85. The molecule has 2 rings (SSSR count). The van der Waals surface area contributed by atoms with Gasteiger partial charge < -0.3 is 5.32 Å². The first-order chi connectivity index (χ1) is 8.29. The maximum atomic E-state index is 3.85. The molecule has 100 valence electrons. The third-order valence-corrected chi connectivity index (χ3v) is 5.10. The summed E-state index contributed by atoms with van der Waals surface area (Å²) in [6.45, 7) is 5.94. The average molecular weight is 237 g/mol. The van der Waals surface area contributed by atoms with Crippen LogP contribution in [-0.4, -0.2) is 12.6 Å². The van der Waals surface area contributed by atoms with E-state index < -0.39 is 0 Å². The van der Waals surface area contributed by atoms with Gasteiger partial charge in [-0.2, -0.15) is 0 Å². The molecule has 0 aromatic rings. The van der Waals surface area contributed by atoms with Crippen LogP contribution in [0.4, 0.5) is 0 Å². The van der Waals surface area contributed by atoms with E-state index in [1.54, 1.807) is 0 Å². The van der Waals surface area contributed by atoms with Crippen molar-refractivity contribution in [1.29, 1.82) is 0 Å². The molecule has 0 spiro atoms. The lowest BCUT2D eigenvalue weighted by Crippen LogP contribution is -2.40. The molecule has 0 radical (unpaired) electrons. The van der Waals surface area contributed by atoms with Crippen molar-refractivity contribution in [3.05, 3.63) is 0 Å². The monoisotopic (exact) mass is 237 g/mol. The second kappa shape index (κ2) is 6.78. The highest BCUT2D eigenvalue weighted by molar-refractivity contribution is 4.85. The largest absolute Gasteiger partial charge is 0.314 e. The van der Waals surface area contributed by atoms with E-state index in [1.165, 1.54) is 64.3 Å². The van der Waals surface area contributed by atoms with Crippen LogP contribution in [0, 0.1) is 17.8 Å². The van der Waals surface area contributed by atoms with Gasteiger partial charge in [0.15, 0.2) is 0 Å². The number of nitrogens with one attached hydrogen (secondary N) is 1. The van der Waals surface area contributed by atoms with Crippen LogP contribution in [0.15, 0.2) is 0 Å². The first-order valence-corrected chi connectivity index (χ1v) is 8.03. The topological polar surface area (TPSA) is 12.0 Å². The van der Waals surface area contributed by atoms with E-state index in [1.807, 2.05) is 0 Å². The van der Waals surface area contributed by atoms with Gasteiger partial charge in [0.2, 0.25) is 0 Å². The zero-order chi connectivity index (χ0) is 12.1. The predicted octanol–water partition coefficient (Wildman–Crippen LogP) is 4.37. The Labute approximate surface area is 108 Å². The third kappa shape index (κ3) is 3.98. The molecule has 0 bridgehead atoms. The molecule has 0 aromatic carbocycles. The Hall–Kier alpha value is -0.0400. The summed E-state index contributed by atoms with van der Waals surface area (Å²) in [4.78, 5) is 0. The lowest BCUT2D eigenvalue weighted by Gasteiger charge is -2.37. The molecule has 0 heterocycles. The molecule has 2 fully saturated rings. The molecular weight excluding hydrogens is 206 g/mol. The minimum atomic E-state index is 0.841. The fourth-order valence-electron chi connectivity index (χ4n) is 3.55. The van der Waals surface area contributed by atoms with E-state index in [4.69, 9.17) is 0 Å². The van der Waals surface area contributed by atoms with E-state index in [9.17, 15) is 0 Å². The lowest BCUT2D eigenvalue weighted by atomic mass is 9.73. The van der Waals surface area contributed by atoms with Crippen LogP contribution >= 0.6 is 0 Å². The summed E-state index contributed by atoms with van der Waals surface area (Å²) >= 11 is 0. The van der Waals surface area contributed by atoms with Gasteiger partial charge in [0.05, 0.1) is 0 Å². The number of rotatable bonds is 6. The summed E-state index contributed by atoms with van der Waals surface area (Å²) in [5, 5.41) is 3.85. The Balaban J connectivity index is 1.79. The minimum absolute atomic E-state index is 0.841. The molecule has 17 heavy (non-hydrogen) atoms. The van der Waals surface area contributed by atoms with Crippen LogP contribution in [0.3, 0.4) is 0 Å². The van der Waals surface area contributed by atoms with E-state index in [0.29, 0.717) is 0 Å². The molecule has 1 nitrogen and oxygen atoms in total. The van der Waals surface area contributed by atoms with Gasteiger partial charge in [-0.15, -0.1) is 0 Å². The highest BCUT2D eigenvalue weighted by Gasteiger charge is 2.29. The van der Waals surface area contributed by atoms with Crippen LogP contribution in [-0.2, 0) is 0 Å². The van der Waals surface area contributed by atoms with Crippen LogP contribution in [0.2, 0.25) is 0 Å². The van der Waals surface area contributed by atoms with Crippen molar-refractivity contribution in [2.24, 2.45) is 17.8 Å². The zero-order valence-electron chi connectivity index (χ0n) is 11.9. The molecule has 0 saturated heterocycles. The van der Waals surface area contributed by atoms with E-state index in [-0.39, 0.29) is 0 Å². The molecule has 1 atom stereocenters. The Morgan fingerprint density at radius 1 is 1.06 bits per heavy atom. The molecule has 2 aliphatic rings. The van der Waals surface area contributed by atoms with Crippen molar-refractivity contribution in [2.45, 2.75) is 77.7 Å². The average Bonchev–Trinajstić information content (AvgIpc) is 2.28. The van der Waals surface area contributed by atoms with Crippen molar-refractivity contribution in [1.82, 2.24) is 5.32 Å². The number of hydrogen-bond donors (Lipinski definition) is 1. The van der Waals surface area contributed by atoms with E-state index >= 15 is 0 Å². The summed E-state index contributed by atoms with van der Waals surface area (Å²) in [5.74, 6) is 3.03. The Bertz CT molecular complexity index is 202. The standard InChI is InChI=1S/C16H31N/c1-3-11-17-16(12-14-5-4-6-14)15-9-7-13(2)8-10-15/h13-17H,3-12H2,1-2H3. The SMILES string of the molecule is CCCNC(CC1CCC1)C1CCC(C)CC1. The second-order valence-corrected chi connectivity index (χ2v) is 6.61. The van der Waals surface area contributed by atoms with Crippen molar-refractivity contribution in [3.63, 3.8) is 0 Å². The van der Waals surface area contributed by atoms with Gasteiger partial charge >= 0.3 is 0 Å². The lowest BCUT2D eigenvalue weighted by molar-refractivity contribution is 0.177. The van der Waals surface area contributed by atoms with Gasteiger partial charge in [-0.05, 0) is 50.0 Å². The highest BCUT2D eigenvalue weighted by atomic mass is 14.9. The van der Waals surface area contributed by atoms with Crippen LogP contribution < -0.4 is 5.32 Å². The smallest absolute Gasteiger partial charge is 0.00979 e. The summed E-state index contributed by atoms with van der Waals surface area (Å²) in [7, 11) is 0. The van der Waals surface area contributed by atoms with Crippen LogP contribution in [0.25, 0.3) is 0 Å². The normalized spacial score (nSPS) is 32.1. The molecular formula is C16H31N. The molecule has 1 heteroatoms. The van der Waals surface area contributed by atoms with Crippen molar-refractivity contribution >= 4 is 0 Å². The fourth-order valence-corrected chi connectivity index (χ4v) is 3.55. The minimum Gasteiger partial charge on any atom is -0.314 e. The number of hydrogen-bond acceptors (Lipinski definition) is 1. The van der Waals surface area contributed by atoms with Gasteiger partial charge in [0, 0.05) is 6.04 Å². The summed E-state index contributed by atoms with van der Waals surface area (Å²) in [6, 6.07) is 0.841. The molecule has 0 aromatic heterocycles. The first kappa shape index (κ1) is 13.4. The van der Waals surface area contributed by atoms with Gasteiger partial charge in [0.1, 0.15) is 0 Å². The van der Waals surface area contributed by atoms with Gasteiger partial charge in [-0.1, -0.05) is 46.0 Å². The Kier molecular flexibility index (Phi) is 5.34. The van der Waals surface area contributed by atoms with Gasteiger partial charge in [-0.3, -0.25) is 0 Å². The van der Waals surface area contributed by atoms with Crippen LogP contribution in [0.1, 0.15) is 71.6 Å². The van der Waals surface area contributed by atoms with E-state index in [2.05, 4.69) is 19.2 Å². The third-order valence-electron chi connectivity index (χ3n) is 5.10. The summed E-state index contributed by atoms with van der Waals surface area (Å²) < 4.78 is 0. The molecule has 1 N–H and O–H groups in total. The van der Waals surface area contributed by atoms with Crippen molar-refractivity contribution in [3.8, 4) is 0 Å². The zero-order valence-corrected chi connectivity index (χ0v) is 11.9. The second-order valence-electron chi connectivity index (χ2n) is 6.61. The highest BCUT2D eigenvalue weighted by Crippen LogP contribution is 2.36. The quantitative estimate of drug-likeness (QED) is 0.723. The van der Waals surface area contributed by atoms with Crippen molar-refractivity contribution in [2.75, 3.05) is 6.54 Å². The Morgan fingerprint density at radius 3 is 2.29 bits per heavy atom. The molecule has 0 aliphatic heterocycles. The summed E-state index contributed by atoms with van der Waals surface area (Å²) in [6.07, 6.45) is 13.2. The molecule has 0 amide bonds. The first-order valence-electron chi connectivity index (χ1n) is 8.03. The van der Waals surface area contributed by atoms with Gasteiger partial charge in [0.25, 0.3) is 0 Å². The van der Waals surface area contributed by atoms with Crippen molar-refractivity contribution < 1.29 is 0 Å². The van der Waals surface area contributed by atoms with Crippen LogP contribution in [0.5, 0.6) is 0 Å². The Morgan fingerprint density at radius 2 is 1.76 bits per heavy atom. The molecule has 2 aliphatic carbocycles. The summed E-state index contributed by atoms with van der Waals surface area (Å²) in [5.41, 5.74) is 0. The predicted molar refractivity (Wildman–Crippen MR) is 75.2 cm³/mol. The fraction of sp³-hybridized carbons (Fsp3) is 1.00. The maximum Gasteiger partial charge on any atom is 0.00979 e. The molecule has 1 unspecified atom stereocenters. The van der Waals surface area contributed by atoms with E-state index in [0.717, 1.165) is 23.8 Å². The molecule has 2 saturated carbocycles.